The number of anilines is 1. The van der Waals surface area contributed by atoms with Crippen LogP contribution in [0.4, 0.5) is 5.69 Å². The van der Waals surface area contributed by atoms with Crippen LogP contribution in [0.15, 0.2) is 36.9 Å². The molecule has 0 heterocycles. The molecule has 1 unspecified atom stereocenters. The Morgan fingerprint density at radius 2 is 2.00 bits per heavy atom. The quantitative estimate of drug-likeness (QED) is 0.604. The molecule has 0 fully saturated rings. The van der Waals surface area contributed by atoms with E-state index in [4.69, 9.17) is 5.73 Å². The molecule has 0 saturated heterocycles. The van der Waals surface area contributed by atoms with E-state index in [1.807, 2.05) is 0 Å². The summed E-state index contributed by atoms with van der Waals surface area (Å²) in [4.78, 5) is 0. The molecule has 16 heavy (non-hydrogen) atoms. The van der Waals surface area contributed by atoms with Gasteiger partial charge in [0.05, 0.1) is 5.75 Å². The second-order valence-electron chi connectivity index (χ2n) is 3.58. The van der Waals surface area contributed by atoms with Gasteiger partial charge in [0.1, 0.15) is 0 Å². The van der Waals surface area contributed by atoms with Crippen molar-refractivity contribution in [2.24, 2.45) is 0 Å². The molecule has 1 aromatic carbocycles. The highest BCUT2D eigenvalue weighted by atomic mass is 32.2. The van der Waals surface area contributed by atoms with Gasteiger partial charge < -0.3 is 5.73 Å². The normalized spacial score (nSPS) is 13.3. The van der Waals surface area contributed by atoms with Gasteiger partial charge in [0.15, 0.2) is 0 Å². The zero-order valence-corrected chi connectivity index (χ0v) is 10.00. The van der Waals surface area contributed by atoms with Gasteiger partial charge in [-0.3, -0.25) is 0 Å². The van der Waals surface area contributed by atoms with Crippen molar-refractivity contribution < 1.29 is 8.42 Å². The standard InChI is InChI=1S/C11H16N2O2S/c1-3-8-16(14,15)13-9(2)10-4-6-11(12)7-5-10/h3-7,9,13H,1,8,12H2,2H3. The first-order valence-electron chi connectivity index (χ1n) is 4.91. The molecule has 0 aliphatic rings. The largest absolute Gasteiger partial charge is 0.399 e. The Balaban J connectivity index is 2.76. The Morgan fingerprint density at radius 3 is 2.50 bits per heavy atom. The highest BCUT2D eigenvalue weighted by molar-refractivity contribution is 7.89. The van der Waals surface area contributed by atoms with Crippen molar-refractivity contribution in [3.8, 4) is 0 Å². The Labute approximate surface area is 96.2 Å². The van der Waals surface area contributed by atoms with E-state index in [1.165, 1.54) is 6.08 Å². The zero-order valence-electron chi connectivity index (χ0n) is 9.18. The molecule has 1 atom stereocenters. The van der Waals surface area contributed by atoms with Crippen LogP contribution in [0.2, 0.25) is 0 Å². The number of rotatable bonds is 5. The summed E-state index contributed by atoms with van der Waals surface area (Å²) in [6, 6.07) is 6.82. The summed E-state index contributed by atoms with van der Waals surface area (Å²) in [6.07, 6.45) is 1.36. The van der Waals surface area contributed by atoms with Crippen LogP contribution in [0.5, 0.6) is 0 Å². The van der Waals surface area contributed by atoms with Crippen LogP contribution in [0.3, 0.4) is 0 Å². The van der Waals surface area contributed by atoms with Gasteiger partial charge in [-0.05, 0) is 24.6 Å². The van der Waals surface area contributed by atoms with E-state index in [0.29, 0.717) is 5.69 Å². The minimum absolute atomic E-state index is 0.0771. The van der Waals surface area contributed by atoms with Crippen LogP contribution in [0, 0.1) is 0 Å². The minimum Gasteiger partial charge on any atom is -0.399 e. The third-order valence-electron chi connectivity index (χ3n) is 2.13. The molecule has 0 aromatic heterocycles. The predicted molar refractivity (Wildman–Crippen MR) is 66.4 cm³/mol. The van der Waals surface area contributed by atoms with Crippen LogP contribution in [-0.4, -0.2) is 14.2 Å². The Morgan fingerprint density at radius 1 is 1.44 bits per heavy atom. The van der Waals surface area contributed by atoms with Gasteiger partial charge in [0.2, 0.25) is 10.0 Å². The maximum atomic E-state index is 11.5. The fraction of sp³-hybridized carbons (Fsp3) is 0.273. The topological polar surface area (TPSA) is 72.2 Å². The maximum Gasteiger partial charge on any atom is 0.215 e. The molecular formula is C11H16N2O2S. The van der Waals surface area contributed by atoms with Crippen LogP contribution < -0.4 is 10.5 Å². The number of hydrogen-bond donors (Lipinski definition) is 2. The second kappa shape index (κ2) is 5.14. The lowest BCUT2D eigenvalue weighted by molar-refractivity contribution is 0.570. The third-order valence-corrected chi connectivity index (χ3v) is 3.52. The lowest BCUT2D eigenvalue weighted by Gasteiger charge is -2.13. The maximum absolute atomic E-state index is 11.5. The minimum atomic E-state index is -3.29. The Hall–Kier alpha value is -1.33. The van der Waals surface area contributed by atoms with Gasteiger partial charge in [0, 0.05) is 11.7 Å². The van der Waals surface area contributed by atoms with Crippen LogP contribution in [0.1, 0.15) is 18.5 Å². The van der Waals surface area contributed by atoms with Gasteiger partial charge in [-0.1, -0.05) is 18.2 Å². The summed E-state index contributed by atoms with van der Waals surface area (Å²) in [6.45, 7) is 5.19. The molecule has 0 aliphatic heterocycles. The molecule has 1 aromatic rings. The molecule has 4 nitrogen and oxygen atoms in total. The number of hydrogen-bond acceptors (Lipinski definition) is 3. The summed E-state index contributed by atoms with van der Waals surface area (Å²) >= 11 is 0. The highest BCUT2D eigenvalue weighted by Crippen LogP contribution is 2.15. The molecule has 0 bridgehead atoms. The fourth-order valence-corrected chi connectivity index (χ4v) is 2.41. The van der Waals surface area contributed by atoms with Crippen LogP contribution in [0.25, 0.3) is 0 Å². The van der Waals surface area contributed by atoms with Crippen molar-refractivity contribution in [1.82, 2.24) is 4.72 Å². The molecule has 1 rings (SSSR count). The highest BCUT2D eigenvalue weighted by Gasteiger charge is 2.13. The second-order valence-corrected chi connectivity index (χ2v) is 5.37. The molecule has 88 valence electrons. The zero-order chi connectivity index (χ0) is 12.2. The summed E-state index contributed by atoms with van der Waals surface area (Å²) in [7, 11) is -3.29. The molecule has 0 spiro atoms. The number of sulfonamides is 1. The molecule has 5 heteroatoms. The van der Waals surface area contributed by atoms with Gasteiger partial charge in [-0.2, -0.15) is 0 Å². The number of benzene rings is 1. The summed E-state index contributed by atoms with van der Waals surface area (Å²) < 4.78 is 25.5. The third kappa shape index (κ3) is 3.67. The van der Waals surface area contributed by atoms with Crippen LogP contribution >= 0.6 is 0 Å². The number of nitrogen functional groups attached to an aromatic ring is 1. The van der Waals surface area contributed by atoms with Crippen molar-refractivity contribution >= 4 is 15.7 Å². The average Bonchev–Trinajstić information content (AvgIpc) is 2.17. The van der Waals surface area contributed by atoms with E-state index in [2.05, 4.69) is 11.3 Å². The van der Waals surface area contributed by atoms with Gasteiger partial charge in [-0.15, -0.1) is 6.58 Å². The van der Waals surface area contributed by atoms with Crippen molar-refractivity contribution in [2.75, 3.05) is 11.5 Å². The van der Waals surface area contributed by atoms with Crippen molar-refractivity contribution in [2.45, 2.75) is 13.0 Å². The van der Waals surface area contributed by atoms with E-state index in [-0.39, 0.29) is 11.8 Å². The molecule has 0 radical (unpaired) electrons. The average molecular weight is 240 g/mol. The molecular weight excluding hydrogens is 224 g/mol. The summed E-state index contributed by atoms with van der Waals surface area (Å²) in [5, 5.41) is 0. The first-order chi connectivity index (χ1) is 7.44. The van der Waals surface area contributed by atoms with E-state index in [1.54, 1.807) is 31.2 Å². The van der Waals surface area contributed by atoms with E-state index < -0.39 is 10.0 Å². The summed E-state index contributed by atoms with van der Waals surface area (Å²) in [5.41, 5.74) is 7.08. The lowest BCUT2D eigenvalue weighted by Crippen LogP contribution is -2.28. The summed E-state index contributed by atoms with van der Waals surface area (Å²) in [5.74, 6) is -0.0771. The SMILES string of the molecule is C=CCS(=O)(=O)NC(C)c1ccc(N)cc1. The predicted octanol–water partition coefficient (Wildman–Crippen LogP) is 1.44. The van der Waals surface area contributed by atoms with Gasteiger partial charge in [0.25, 0.3) is 0 Å². The number of nitrogens with one attached hydrogen (secondary N) is 1. The molecule has 0 aliphatic carbocycles. The van der Waals surface area contributed by atoms with E-state index >= 15 is 0 Å². The van der Waals surface area contributed by atoms with Crippen molar-refractivity contribution in [3.05, 3.63) is 42.5 Å². The smallest absolute Gasteiger partial charge is 0.215 e. The molecule has 3 N–H and O–H groups in total. The first kappa shape index (κ1) is 12.7. The molecule has 0 amide bonds. The van der Waals surface area contributed by atoms with E-state index in [9.17, 15) is 8.42 Å². The van der Waals surface area contributed by atoms with Crippen molar-refractivity contribution in [1.29, 1.82) is 0 Å². The van der Waals surface area contributed by atoms with E-state index in [0.717, 1.165) is 5.56 Å². The van der Waals surface area contributed by atoms with Crippen molar-refractivity contribution in [3.63, 3.8) is 0 Å². The first-order valence-corrected chi connectivity index (χ1v) is 6.56. The number of nitrogens with two attached hydrogens (primary N) is 1. The molecule has 0 saturated carbocycles. The van der Waals surface area contributed by atoms with Gasteiger partial charge in [-0.25, -0.2) is 13.1 Å². The Bertz CT molecular complexity index is 451. The van der Waals surface area contributed by atoms with Crippen LogP contribution in [-0.2, 0) is 10.0 Å². The fourth-order valence-electron chi connectivity index (χ4n) is 1.33. The van der Waals surface area contributed by atoms with Gasteiger partial charge >= 0.3 is 0 Å². The monoisotopic (exact) mass is 240 g/mol. The lowest BCUT2D eigenvalue weighted by atomic mass is 10.1. The Kier molecular flexibility index (Phi) is 4.09.